The molecular weight excluding hydrogens is 240 g/mol. The molecule has 7 heteroatoms. The highest BCUT2D eigenvalue weighted by molar-refractivity contribution is 5.69. The van der Waals surface area contributed by atoms with Gasteiger partial charge in [0.05, 0.1) is 0 Å². The van der Waals surface area contributed by atoms with Crippen LogP contribution in [0.5, 0.6) is 0 Å². The summed E-state index contributed by atoms with van der Waals surface area (Å²) in [6.07, 6.45) is 1.76. The van der Waals surface area contributed by atoms with Gasteiger partial charge in [0.2, 0.25) is 11.6 Å². The molecule has 0 radical (unpaired) electrons. The Morgan fingerprint density at radius 3 is 2.61 bits per heavy atom. The summed E-state index contributed by atoms with van der Waals surface area (Å²) in [7, 11) is 0. The summed E-state index contributed by atoms with van der Waals surface area (Å²) in [5.74, 6) is -2.59. The summed E-state index contributed by atoms with van der Waals surface area (Å²) in [5.41, 5.74) is 7.35. The maximum Gasteiger partial charge on any atom is 0.248 e. The van der Waals surface area contributed by atoms with Crippen LogP contribution in [-0.4, -0.2) is 26.3 Å². The van der Waals surface area contributed by atoms with Crippen molar-refractivity contribution in [3.05, 3.63) is 17.8 Å². The Kier molecular flexibility index (Phi) is 2.34. The molecule has 1 aliphatic rings. The molecular formula is C11H13F2N5. The Balaban J connectivity index is 1.93. The van der Waals surface area contributed by atoms with E-state index in [1.165, 1.54) is 0 Å². The van der Waals surface area contributed by atoms with Crippen LogP contribution in [0, 0.1) is 0 Å². The van der Waals surface area contributed by atoms with Crippen LogP contribution in [0.15, 0.2) is 12.3 Å². The highest BCUT2D eigenvalue weighted by Crippen LogP contribution is 2.42. The Morgan fingerprint density at radius 1 is 1.17 bits per heavy atom. The summed E-state index contributed by atoms with van der Waals surface area (Å²) in [4.78, 5) is 4.13. The lowest BCUT2D eigenvalue weighted by molar-refractivity contribution is -0.0514. The third kappa shape index (κ3) is 1.84. The molecule has 1 saturated carbocycles. The fourth-order valence-corrected chi connectivity index (χ4v) is 2.36. The molecule has 0 aliphatic heterocycles. The maximum absolute atomic E-state index is 13.2. The predicted octanol–water partition coefficient (Wildman–Crippen LogP) is 1.72. The van der Waals surface area contributed by atoms with Gasteiger partial charge >= 0.3 is 0 Å². The first kappa shape index (κ1) is 11.5. The molecule has 2 heterocycles. The van der Waals surface area contributed by atoms with E-state index in [2.05, 4.69) is 20.4 Å². The third-order valence-corrected chi connectivity index (χ3v) is 3.62. The van der Waals surface area contributed by atoms with Gasteiger partial charge in [0.25, 0.3) is 0 Å². The zero-order valence-electron chi connectivity index (χ0n) is 9.66. The van der Waals surface area contributed by atoms with Crippen molar-refractivity contribution in [3.63, 3.8) is 0 Å². The second-order valence-corrected chi connectivity index (χ2v) is 4.90. The standard InChI is InChI=1S/C11H13F2N5/c12-11(13)3-1-10(14,2-4-11)7-5-8-9(15-6-7)17-18-16-8/h5-6H,1-4,14H2,(H,15,16,17,18). The molecule has 5 nitrogen and oxygen atoms in total. The van der Waals surface area contributed by atoms with Crippen LogP contribution in [0.2, 0.25) is 0 Å². The van der Waals surface area contributed by atoms with E-state index in [4.69, 9.17) is 5.73 Å². The number of H-pyrrole nitrogens is 1. The molecule has 0 bridgehead atoms. The van der Waals surface area contributed by atoms with Gasteiger partial charge in [-0.05, 0) is 24.5 Å². The number of rotatable bonds is 1. The minimum absolute atomic E-state index is 0.180. The van der Waals surface area contributed by atoms with Crippen LogP contribution in [0.3, 0.4) is 0 Å². The first-order valence-corrected chi connectivity index (χ1v) is 5.82. The largest absolute Gasteiger partial charge is 0.321 e. The van der Waals surface area contributed by atoms with Crippen molar-refractivity contribution in [2.75, 3.05) is 0 Å². The number of hydrogen-bond donors (Lipinski definition) is 2. The van der Waals surface area contributed by atoms with E-state index in [0.717, 1.165) is 5.56 Å². The van der Waals surface area contributed by atoms with E-state index in [1.807, 2.05) is 0 Å². The molecule has 3 rings (SSSR count). The molecule has 0 atom stereocenters. The number of pyridine rings is 1. The number of aromatic nitrogens is 4. The molecule has 0 amide bonds. The molecule has 18 heavy (non-hydrogen) atoms. The number of nitrogens with one attached hydrogen (secondary N) is 1. The molecule has 2 aromatic heterocycles. The van der Waals surface area contributed by atoms with Crippen molar-refractivity contribution in [1.82, 2.24) is 20.4 Å². The number of halogens is 2. The minimum atomic E-state index is -2.59. The van der Waals surface area contributed by atoms with E-state index in [0.29, 0.717) is 11.2 Å². The second-order valence-electron chi connectivity index (χ2n) is 4.90. The van der Waals surface area contributed by atoms with Gasteiger partial charge in [-0.15, -0.1) is 5.10 Å². The number of nitrogens with two attached hydrogens (primary N) is 1. The van der Waals surface area contributed by atoms with E-state index in [9.17, 15) is 8.78 Å². The topological polar surface area (TPSA) is 80.5 Å². The molecule has 3 N–H and O–H groups in total. The van der Waals surface area contributed by atoms with Crippen molar-refractivity contribution in [2.45, 2.75) is 37.1 Å². The third-order valence-electron chi connectivity index (χ3n) is 3.62. The predicted molar refractivity (Wildman–Crippen MR) is 61.0 cm³/mol. The van der Waals surface area contributed by atoms with Crippen molar-refractivity contribution in [3.8, 4) is 0 Å². The molecule has 0 unspecified atom stereocenters. The van der Waals surface area contributed by atoms with Gasteiger partial charge < -0.3 is 5.73 Å². The van der Waals surface area contributed by atoms with Crippen molar-refractivity contribution in [2.24, 2.45) is 5.73 Å². The Labute approximate surface area is 102 Å². The lowest BCUT2D eigenvalue weighted by atomic mass is 9.76. The van der Waals surface area contributed by atoms with Gasteiger partial charge in [-0.2, -0.15) is 10.3 Å². The van der Waals surface area contributed by atoms with Crippen molar-refractivity contribution in [1.29, 1.82) is 0 Å². The van der Waals surface area contributed by atoms with Crippen LogP contribution >= 0.6 is 0 Å². The summed E-state index contributed by atoms with van der Waals surface area (Å²) in [5, 5.41) is 10.2. The second kappa shape index (κ2) is 3.68. The first-order valence-electron chi connectivity index (χ1n) is 5.82. The Hall–Kier alpha value is -1.63. The van der Waals surface area contributed by atoms with Crippen LogP contribution < -0.4 is 5.73 Å². The first-order chi connectivity index (χ1) is 8.49. The average Bonchev–Trinajstić information content (AvgIpc) is 2.80. The number of nitrogens with zero attached hydrogens (tertiary/aromatic N) is 3. The Morgan fingerprint density at radius 2 is 1.89 bits per heavy atom. The fourth-order valence-electron chi connectivity index (χ4n) is 2.36. The molecule has 1 fully saturated rings. The van der Waals surface area contributed by atoms with Gasteiger partial charge in [0.15, 0.2) is 0 Å². The summed E-state index contributed by atoms with van der Waals surface area (Å²) in [6, 6.07) is 1.77. The maximum atomic E-state index is 13.2. The summed E-state index contributed by atoms with van der Waals surface area (Å²) < 4.78 is 26.3. The monoisotopic (exact) mass is 253 g/mol. The van der Waals surface area contributed by atoms with Crippen LogP contribution in [-0.2, 0) is 5.54 Å². The highest BCUT2D eigenvalue weighted by Gasteiger charge is 2.42. The van der Waals surface area contributed by atoms with Crippen molar-refractivity contribution >= 4 is 11.2 Å². The quantitative estimate of drug-likeness (QED) is 0.810. The Bertz CT molecular complexity index is 570. The van der Waals surface area contributed by atoms with E-state index >= 15 is 0 Å². The number of alkyl halides is 2. The van der Waals surface area contributed by atoms with Gasteiger partial charge in [-0.25, -0.2) is 13.8 Å². The molecule has 0 spiro atoms. The molecule has 1 aliphatic carbocycles. The highest BCUT2D eigenvalue weighted by atomic mass is 19.3. The number of hydrogen-bond acceptors (Lipinski definition) is 4. The van der Waals surface area contributed by atoms with Gasteiger partial charge in [0.1, 0.15) is 5.52 Å². The molecule has 0 aromatic carbocycles. The van der Waals surface area contributed by atoms with Crippen LogP contribution in [0.1, 0.15) is 31.2 Å². The van der Waals surface area contributed by atoms with Gasteiger partial charge in [-0.1, -0.05) is 0 Å². The number of aromatic amines is 1. The van der Waals surface area contributed by atoms with Gasteiger partial charge in [0, 0.05) is 24.6 Å². The zero-order chi connectivity index (χ0) is 12.8. The molecule has 96 valence electrons. The van der Waals surface area contributed by atoms with Gasteiger partial charge in [-0.3, -0.25) is 0 Å². The lowest BCUT2D eigenvalue weighted by Gasteiger charge is -2.37. The van der Waals surface area contributed by atoms with Crippen LogP contribution in [0.25, 0.3) is 11.2 Å². The fraction of sp³-hybridized carbons (Fsp3) is 0.545. The average molecular weight is 253 g/mol. The van der Waals surface area contributed by atoms with E-state index < -0.39 is 11.5 Å². The van der Waals surface area contributed by atoms with E-state index in [1.54, 1.807) is 12.3 Å². The lowest BCUT2D eigenvalue weighted by Crippen LogP contribution is -2.43. The molecule has 2 aromatic rings. The smallest absolute Gasteiger partial charge is 0.248 e. The van der Waals surface area contributed by atoms with E-state index in [-0.39, 0.29) is 25.7 Å². The van der Waals surface area contributed by atoms with Crippen LogP contribution in [0.4, 0.5) is 8.78 Å². The molecule has 0 saturated heterocycles. The summed E-state index contributed by atoms with van der Waals surface area (Å²) >= 11 is 0. The SMILES string of the molecule is NC1(c2cnc3n[nH]nc3c2)CCC(F)(F)CC1. The minimum Gasteiger partial charge on any atom is -0.321 e. The summed E-state index contributed by atoms with van der Waals surface area (Å²) in [6.45, 7) is 0. The normalized spacial score (nSPS) is 22.2. The zero-order valence-corrected chi connectivity index (χ0v) is 9.66. The number of fused-ring (bicyclic) bond motifs is 1. The van der Waals surface area contributed by atoms with Crippen molar-refractivity contribution < 1.29 is 8.78 Å².